The van der Waals surface area contributed by atoms with E-state index in [-0.39, 0.29) is 5.76 Å². The third-order valence-electron chi connectivity index (χ3n) is 3.49. The first-order chi connectivity index (χ1) is 12.9. The minimum Gasteiger partial charge on any atom is -0.489 e. The van der Waals surface area contributed by atoms with Gasteiger partial charge in [-0.15, -0.1) is 0 Å². The van der Waals surface area contributed by atoms with Crippen molar-refractivity contribution in [2.45, 2.75) is 46.3 Å². The second-order valence-electron chi connectivity index (χ2n) is 7.20. The summed E-state index contributed by atoms with van der Waals surface area (Å²) < 4.78 is 16.8. The van der Waals surface area contributed by atoms with Gasteiger partial charge in [-0.25, -0.2) is 4.79 Å². The fourth-order valence-corrected chi connectivity index (χ4v) is 2.25. The predicted molar refractivity (Wildman–Crippen MR) is 107 cm³/mol. The molecule has 0 spiro atoms. The molecular formula is C23H28O4. The number of carbonyl (C=O) groups excluding carboxylic acids is 1. The number of esters is 1. The molecule has 144 valence electrons. The van der Waals surface area contributed by atoms with Crippen molar-refractivity contribution in [3.8, 4) is 5.75 Å². The summed E-state index contributed by atoms with van der Waals surface area (Å²) in [5, 5.41) is 0. The molecule has 0 N–H and O–H groups in total. The maximum atomic E-state index is 12.4. The number of hydrogen-bond acceptors (Lipinski definition) is 4. The van der Waals surface area contributed by atoms with Crippen LogP contribution in [0.25, 0.3) is 6.08 Å². The first-order valence-corrected chi connectivity index (χ1v) is 9.22. The largest absolute Gasteiger partial charge is 0.489 e. The average molecular weight is 368 g/mol. The first-order valence-electron chi connectivity index (χ1n) is 9.22. The van der Waals surface area contributed by atoms with Crippen LogP contribution in [0.2, 0.25) is 0 Å². The molecule has 0 bridgehead atoms. The van der Waals surface area contributed by atoms with Crippen LogP contribution < -0.4 is 4.74 Å². The molecule has 0 atom stereocenters. The second-order valence-corrected chi connectivity index (χ2v) is 7.20. The zero-order valence-corrected chi connectivity index (χ0v) is 16.5. The van der Waals surface area contributed by atoms with E-state index < -0.39 is 11.6 Å². The lowest BCUT2D eigenvalue weighted by molar-refractivity contribution is -0.153. The van der Waals surface area contributed by atoms with Crippen LogP contribution in [0.15, 0.2) is 60.4 Å². The molecule has 0 unspecified atom stereocenters. The molecule has 0 amide bonds. The van der Waals surface area contributed by atoms with Gasteiger partial charge in [0.05, 0.1) is 6.61 Å². The third-order valence-corrected chi connectivity index (χ3v) is 3.49. The molecule has 0 heterocycles. The van der Waals surface area contributed by atoms with Gasteiger partial charge in [-0.2, -0.15) is 0 Å². The zero-order chi connectivity index (χ0) is 19.7. The zero-order valence-electron chi connectivity index (χ0n) is 16.5. The van der Waals surface area contributed by atoms with Crippen LogP contribution in [0.3, 0.4) is 0 Å². The van der Waals surface area contributed by atoms with Gasteiger partial charge in [0.15, 0.2) is 0 Å². The van der Waals surface area contributed by atoms with Crippen molar-refractivity contribution in [2.24, 2.45) is 0 Å². The molecule has 27 heavy (non-hydrogen) atoms. The lowest BCUT2D eigenvalue weighted by atomic mass is 10.1. The molecule has 2 aromatic rings. The Morgan fingerprint density at radius 3 is 2.26 bits per heavy atom. The highest BCUT2D eigenvalue weighted by Gasteiger charge is 2.21. The Morgan fingerprint density at radius 2 is 1.67 bits per heavy atom. The molecule has 0 fully saturated rings. The minimum absolute atomic E-state index is 0.213. The minimum atomic E-state index is -0.569. The van der Waals surface area contributed by atoms with Gasteiger partial charge in [0.2, 0.25) is 5.76 Å². The van der Waals surface area contributed by atoms with E-state index in [0.29, 0.717) is 13.2 Å². The van der Waals surface area contributed by atoms with Crippen LogP contribution in [0.1, 0.15) is 45.2 Å². The van der Waals surface area contributed by atoms with E-state index in [1.54, 1.807) is 6.08 Å². The number of hydrogen-bond donors (Lipinski definition) is 0. The van der Waals surface area contributed by atoms with Crippen LogP contribution >= 0.6 is 0 Å². The Bertz CT molecular complexity index is 740. The average Bonchev–Trinajstić information content (AvgIpc) is 2.64. The highest BCUT2D eigenvalue weighted by Crippen LogP contribution is 2.18. The van der Waals surface area contributed by atoms with Crippen LogP contribution in [0.4, 0.5) is 0 Å². The maximum absolute atomic E-state index is 12.4. The fraction of sp³-hybridized carbons (Fsp3) is 0.348. The monoisotopic (exact) mass is 368 g/mol. The van der Waals surface area contributed by atoms with Gasteiger partial charge in [0, 0.05) is 0 Å². The summed E-state index contributed by atoms with van der Waals surface area (Å²) in [5.41, 5.74) is 1.39. The predicted octanol–water partition coefficient (Wildman–Crippen LogP) is 5.37. The summed E-state index contributed by atoms with van der Waals surface area (Å²) in [6.07, 6.45) is 2.51. The quantitative estimate of drug-likeness (QED) is 0.357. The second kappa shape index (κ2) is 9.81. The summed E-state index contributed by atoms with van der Waals surface area (Å²) in [5.74, 6) is 0.523. The van der Waals surface area contributed by atoms with Gasteiger partial charge in [-0.1, -0.05) is 49.4 Å². The van der Waals surface area contributed by atoms with E-state index in [1.165, 1.54) is 0 Å². The SMILES string of the molecule is CCCOC(=Cc1ccc(OCc2ccccc2)cc1)C(=O)OC(C)(C)C. The van der Waals surface area contributed by atoms with Crippen molar-refractivity contribution in [1.29, 1.82) is 0 Å². The lowest BCUT2D eigenvalue weighted by Gasteiger charge is -2.20. The van der Waals surface area contributed by atoms with Gasteiger partial charge in [0.25, 0.3) is 0 Å². The summed E-state index contributed by atoms with van der Waals surface area (Å²) in [7, 11) is 0. The summed E-state index contributed by atoms with van der Waals surface area (Å²) in [6, 6.07) is 17.5. The lowest BCUT2D eigenvalue weighted by Crippen LogP contribution is -2.25. The Kier molecular flexibility index (Phi) is 7.47. The van der Waals surface area contributed by atoms with Gasteiger partial charge < -0.3 is 14.2 Å². The summed E-state index contributed by atoms with van der Waals surface area (Å²) in [6.45, 7) is 8.47. The molecule has 0 aliphatic rings. The molecule has 4 nitrogen and oxygen atoms in total. The van der Waals surface area contributed by atoms with Gasteiger partial charge in [-0.05, 0) is 56.5 Å². The number of benzene rings is 2. The van der Waals surface area contributed by atoms with Crippen LogP contribution in [0.5, 0.6) is 5.75 Å². The standard InChI is InChI=1S/C23H28O4/c1-5-15-25-21(22(24)27-23(2,3)4)16-18-11-13-20(14-12-18)26-17-19-9-7-6-8-10-19/h6-14,16H,5,15,17H2,1-4H3. The Balaban J connectivity index is 2.05. The van der Waals surface area contributed by atoms with E-state index in [2.05, 4.69) is 0 Å². The van der Waals surface area contributed by atoms with E-state index in [0.717, 1.165) is 23.3 Å². The molecule has 0 saturated heterocycles. The molecule has 0 radical (unpaired) electrons. The highest BCUT2D eigenvalue weighted by atomic mass is 16.6. The van der Waals surface area contributed by atoms with Crippen molar-refractivity contribution in [2.75, 3.05) is 6.61 Å². The van der Waals surface area contributed by atoms with Gasteiger partial charge in [0.1, 0.15) is 18.0 Å². The van der Waals surface area contributed by atoms with E-state index in [9.17, 15) is 4.79 Å². The summed E-state index contributed by atoms with van der Waals surface area (Å²) >= 11 is 0. The molecule has 0 saturated carbocycles. The molecule has 0 aliphatic carbocycles. The maximum Gasteiger partial charge on any atom is 0.374 e. The molecule has 2 aromatic carbocycles. The molecule has 0 aliphatic heterocycles. The van der Waals surface area contributed by atoms with Crippen molar-refractivity contribution in [3.05, 3.63) is 71.5 Å². The Labute approximate surface area is 161 Å². The number of rotatable bonds is 8. The third kappa shape index (κ3) is 7.57. The first kappa shape index (κ1) is 20.6. The topological polar surface area (TPSA) is 44.8 Å². The smallest absolute Gasteiger partial charge is 0.374 e. The normalized spacial score (nSPS) is 11.8. The van der Waals surface area contributed by atoms with Gasteiger partial charge >= 0.3 is 5.97 Å². The fourth-order valence-electron chi connectivity index (χ4n) is 2.25. The summed E-state index contributed by atoms with van der Waals surface area (Å²) in [4.78, 5) is 12.4. The van der Waals surface area contributed by atoms with Crippen LogP contribution in [-0.4, -0.2) is 18.2 Å². The van der Waals surface area contributed by atoms with Gasteiger partial charge in [-0.3, -0.25) is 0 Å². The van der Waals surface area contributed by atoms with E-state index in [4.69, 9.17) is 14.2 Å². The van der Waals surface area contributed by atoms with Crippen LogP contribution in [0, 0.1) is 0 Å². The van der Waals surface area contributed by atoms with Crippen molar-refractivity contribution < 1.29 is 19.0 Å². The van der Waals surface area contributed by atoms with Crippen molar-refractivity contribution in [1.82, 2.24) is 0 Å². The van der Waals surface area contributed by atoms with Crippen molar-refractivity contribution >= 4 is 12.0 Å². The molecular weight excluding hydrogens is 340 g/mol. The van der Waals surface area contributed by atoms with Crippen LogP contribution in [-0.2, 0) is 20.9 Å². The Hall–Kier alpha value is -2.75. The highest BCUT2D eigenvalue weighted by molar-refractivity contribution is 5.91. The Morgan fingerprint density at radius 1 is 1.00 bits per heavy atom. The van der Waals surface area contributed by atoms with E-state index in [1.807, 2.05) is 82.3 Å². The van der Waals surface area contributed by atoms with E-state index >= 15 is 0 Å². The number of ether oxygens (including phenoxy) is 3. The van der Waals surface area contributed by atoms with Crippen molar-refractivity contribution in [3.63, 3.8) is 0 Å². The molecule has 4 heteroatoms. The number of carbonyl (C=O) groups is 1. The molecule has 0 aromatic heterocycles. The molecule has 2 rings (SSSR count).